The molecule has 3 aromatic rings. The molecule has 0 saturated carbocycles. The number of methoxy groups -OCH3 is 1. The predicted molar refractivity (Wildman–Crippen MR) is 217 cm³/mol. The number of rotatable bonds is 8. The molecule has 2 saturated heterocycles. The summed E-state index contributed by atoms with van der Waals surface area (Å²) in [6.45, 7) is 5.70. The van der Waals surface area contributed by atoms with Crippen molar-refractivity contribution in [3.05, 3.63) is 77.0 Å². The summed E-state index contributed by atoms with van der Waals surface area (Å²) < 4.78 is 5.50. The smallest absolute Gasteiger partial charge is 0.246 e. The van der Waals surface area contributed by atoms with Gasteiger partial charge in [0.15, 0.2) is 0 Å². The van der Waals surface area contributed by atoms with Crippen molar-refractivity contribution in [2.24, 2.45) is 5.92 Å². The van der Waals surface area contributed by atoms with Crippen LogP contribution in [0.5, 0.6) is 5.75 Å². The van der Waals surface area contributed by atoms with Crippen LogP contribution in [0, 0.1) is 5.92 Å². The van der Waals surface area contributed by atoms with Crippen LogP contribution in [-0.2, 0) is 46.4 Å². The highest BCUT2D eigenvalue weighted by molar-refractivity contribution is 5.97. The van der Waals surface area contributed by atoms with E-state index in [0.29, 0.717) is 30.6 Å². The van der Waals surface area contributed by atoms with E-state index in [2.05, 4.69) is 36.9 Å². The number of H-pyrrole nitrogens is 1. The van der Waals surface area contributed by atoms with E-state index in [0.717, 1.165) is 22.0 Å². The molecule has 0 spiro atoms. The standard InChI is InChI=1S/C42H54N8O9/c1-23(2)12-13-25-17-26(14-15-32(25)59-5)38(54)37-41(57)46-20-33(51)47-30(18-27-19-43-29-10-7-6-9-28(27)29)42(58)50-16-8-11-31(50)39(55)44-21-34(52)48-36(24(3)4)40(56)45-22-35(53)49-37/h6-7,9-10,12,14-15,17,19,24,30-31,36-38,43,54H,8,11,13,16,18,20-22H2,1-5H3,(H,44,55)(H,45,56)(H,46,57)(H,47,51)(H,48,52)(H,49,53)/t30-,31+,36+,37?,38?/m1/s1. The number of aromatic amines is 1. The molecule has 1 aromatic heterocycles. The summed E-state index contributed by atoms with van der Waals surface area (Å²) in [7, 11) is 1.51. The summed E-state index contributed by atoms with van der Waals surface area (Å²) in [5.74, 6) is -4.91. The monoisotopic (exact) mass is 814 g/mol. The molecule has 0 radical (unpaired) electrons. The van der Waals surface area contributed by atoms with Gasteiger partial charge in [0.2, 0.25) is 41.4 Å². The molecular weight excluding hydrogens is 761 g/mol. The molecule has 17 nitrogen and oxygen atoms in total. The number of carbonyl (C=O) groups is 7. The molecule has 2 unspecified atom stereocenters. The average molecular weight is 815 g/mol. The van der Waals surface area contributed by atoms with E-state index in [9.17, 15) is 38.7 Å². The van der Waals surface area contributed by atoms with Gasteiger partial charge in [-0.05, 0) is 73.9 Å². The molecule has 7 amide bonds. The van der Waals surface area contributed by atoms with Gasteiger partial charge in [0, 0.05) is 30.1 Å². The number of hydrogen-bond donors (Lipinski definition) is 8. The van der Waals surface area contributed by atoms with Gasteiger partial charge in [-0.3, -0.25) is 33.6 Å². The molecule has 316 valence electrons. The first-order valence-electron chi connectivity index (χ1n) is 19.7. The van der Waals surface area contributed by atoms with Crippen LogP contribution in [0.15, 0.2) is 60.3 Å². The quantitative estimate of drug-likeness (QED) is 0.147. The molecule has 5 rings (SSSR count). The first kappa shape index (κ1) is 43.9. The van der Waals surface area contributed by atoms with E-state index < -0.39 is 97.2 Å². The molecule has 3 heterocycles. The van der Waals surface area contributed by atoms with Crippen LogP contribution in [0.3, 0.4) is 0 Å². The highest BCUT2D eigenvalue weighted by Gasteiger charge is 2.39. The second-order valence-corrected chi connectivity index (χ2v) is 15.4. The third-order valence-corrected chi connectivity index (χ3v) is 10.4. The molecule has 2 fully saturated rings. The summed E-state index contributed by atoms with van der Waals surface area (Å²) >= 11 is 0. The Labute approximate surface area is 342 Å². The third-order valence-electron chi connectivity index (χ3n) is 10.4. The average Bonchev–Trinajstić information content (AvgIpc) is 3.88. The Balaban J connectivity index is 1.46. The van der Waals surface area contributed by atoms with Gasteiger partial charge in [-0.1, -0.05) is 49.8 Å². The normalized spacial score (nSPS) is 22.2. The molecular formula is C42H54N8O9. The predicted octanol–water partition coefficient (Wildman–Crippen LogP) is 0.425. The van der Waals surface area contributed by atoms with Gasteiger partial charge in [-0.2, -0.15) is 0 Å². The fourth-order valence-corrected chi connectivity index (χ4v) is 7.23. The zero-order chi connectivity index (χ0) is 42.8. The number of benzene rings is 2. The number of para-hydroxylation sites is 1. The molecule has 17 heteroatoms. The van der Waals surface area contributed by atoms with Crippen LogP contribution in [-0.4, -0.2) is 114 Å². The van der Waals surface area contributed by atoms with E-state index in [1.807, 2.05) is 44.2 Å². The topological polar surface area (TPSA) is 240 Å². The number of allylic oxidation sites excluding steroid dienone is 2. The van der Waals surface area contributed by atoms with Crippen molar-refractivity contribution in [3.8, 4) is 5.75 Å². The van der Waals surface area contributed by atoms with Gasteiger partial charge in [-0.15, -0.1) is 0 Å². The van der Waals surface area contributed by atoms with Gasteiger partial charge >= 0.3 is 0 Å². The molecule has 0 bridgehead atoms. The Kier molecular flexibility index (Phi) is 14.8. The molecule has 8 N–H and O–H groups in total. The van der Waals surface area contributed by atoms with E-state index >= 15 is 0 Å². The van der Waals surface area contributed by atoms with Crippen molar-refractivity contribution in [2.45, 2.75) is 83.6 Å². The molecule has 2 aliphatic rings. The first-order chi connectivity index (χ1) is 28.2. The van der Waals surface area contributed by atoms with Gasteiger partial charge in [-0.25, -0.2) is 0 Å². The van der Waals surface area contributed by atoms with Crippen molar-refractivity contribution in [2.75, 3.05) is 33.3 Å². The second-order valence-electron chi connectivity index (χ2n) is 15.4. The van der Waals surface area contributed by atoms with Crippen LogP contribution in [0.4, 0.5) is 0 Å². The van der Waals surface area contributed by atoms with Crippen LogP contribution >= 0.6 is 0 Å². The minimum absolute atomic E-state index is 0.0390. The highest BCUT2D eigenvalue weighted by atomic mass is 16.5. The van der Waals surface area contributed by atoms with Crippen molar-refractivity contribution in [1.82, 2.24) is 41.8 Å². The number of hydrogen-bond acceptors (Lipinski definition) is 9. The number of aliphatic hydroxyl groups excluding tert-OH is 1. The summed E-state index contributed by atoms with van der Waals surface area (Å²) in [6, 6.07) is 7.41. The number of aromatic nitrogens is 1. The molecule has 2 aliphatic heterocycles. The maximum atomic E-state index is 14.3. The van der Waals surface area contributed by atoms with E-state index in [4.69, 9.17) is 4.74 Å². The summed E-state index contributed by atoms with van der Waals surface area (Å²) in [6.07, 6.45) is 3.37. The zero-order valence-electron chi connectivity index (χ0n) is 34.0. The molecule has 2 aromatic carbocycles. The van der Waals surface area contributed by atoms with Crippen molar-refractivity contribution in [1.29, 1.82) is 0 Å². The lowest BCUT2D eigenvalue weighted by Crippen LogP contribution is -2.56. The van der Waals surface area contributed by atoms with E-state index in [-0.39, 0.29) is 18.5 Å². The number of aliphatic hydroxyl groups is 1. The summed E-state index contributed by atoms with van der Waals surface area (Å²) in [5.41, 5.74) is 3.56. The van der Waals surface area contributed by atoms with Crippen LogP contribution < -0.4 is 36.6 Å². The fourth-order valence-electron chi connectivity index (χ4n) is 7.23. The number of nitrogens with one attached hydrogen (secondary N) is 7. The lowest BCUT2D eigenvalue weighted by Gasteiger charge is -2.29. The minimum Gasteiger partial charge on any atom is -0.496 e. The zero-order valence-corrected chi connectivity index (χ0v) is 34.0. The van der Waals surface area contributed by atoms with Crippen LogP contribution in [0.25, 0.3) is 10.9 Å². The second kappa shape index (κ2) is 20.0. The summed E-state index contributed by atoms with van der Waals surface area (Å²) in [5, 5.41) is 27.8. The third kappa shape index (κ3) is 11.2. The maximum Gasteiger partial charge on any atom is 0.246 e. The molecule has 5 atom stereocenters. The summed E-state index contributed by atoms with van der Waals surface area (Å²) in [4.78, 5) is 99.4. The van der Waals surface area contributed by atoms with Crippen molar-refractivity contribution < 1.29 is 43.4 Å². The molecule has 0 aliphatic carbocycles. The number of nitrogens with zero attached hydrogens (tertiary/aromatic N) is 1. The molecule has 59 heavy (non-hydrogen) atoms. The lowest BCUT2D eigenvalue weighted by atomic mass is 9.97. The van der Waals surface area contributed by atoms with E-state index in [1.54, 1.807) is 38.2 Å². The Morgan fingerprint density at radius 3 is 2.12 bits per heavy atom. The minimum atomic E-state index is -1.65. The van der Waals surface area contributed by atoms with Crippen molar-refractivity contribution in [3.63, 3.8) is 0 Å². The largest absolute Gasteiger partial charge is 0.496 e. The highest BCUT2D eigenvalue weighted by Crippen LogP contribution is 2.27. The Morgan fingerprint density at radius 2 is 1.46 bits per heavy atom. The number of amides is 7. The van der Waals surface area contributed by atoms with E-state index in [1.165, 1.54) is 12.0 Å². The Bertz CT molecular complexity index is 2090. The maximum absolute atomic E-state index is 14.3. The fraction of sp³-hybridized carbons (Fsp3) is 0.452. The number of carbonyl (C=O) groups excluding carboxylic acids is 7. The van der Waals surface area contributed by atoms with Crippen LogP contribution in [0.2, 0.25) is 0 Å². The van der Waals surface area contributed by atoms with Crippen molar-refractivity contribution >= 4 is 52.3 Å². The van der Waals surface area contributed by atoms with Gasteiger partial charge in [0.1, 0.15) is 36.0 Å². The number of ether oxygens (including phenoxy) is 1. The van der Waals surface area contributed by atoms with Gasteiger partial charge < -0.3 is 51.6 Å². The number of fused-ring (bicyclic) bond motifs is 2. The van der Waals surface area contributed by atoms with Crippen LogP contribution in [0.1, 0.15) is 63.3 Å². The lowest BCUT2D eigenvalue weighted by molar-refractivity contribution is -0.141. The first-order valence-corrected chi connectivity index (χ1v) is 19.7. The van der Waals surface area contributed by atoms with Gasteiger partial charge in [0.25, 0.3) is 0 Å². The SMILES string of the molecule is COc1ccc(C(O)C2NC(=O)CNC(=O)[C@H](C(C)C)NC(=O)CNC(=O)[C@@H]3CCCN3C(=O)[C@@H](Cc3c[nH]c4ccccc34)NC(=O)CNC2=O)cc1CC=C(C)C. The Morgan fingerprint density at radius 1 is 0.831 bits per heavy atom. The Hall–Kier alpha value is -6.23. The van der Waals surface area contributed by atoms with Gasteiger partial charge in [0.05, 0.1) is 26.7 Å².